The fourth-order valence-corrected chi connectivity index (χ4v) is 2.20. The van der Waals surface area contributed by atoms with E-state index in [0.717, 1.165) is 5.75 Å². The molecule has 0 aliphatic carbocycles. The molecule has 0 unspecified atom stereocenters. The third-order valence-corrected chi connectivity index (χ3v) is 3.40. The highest BCUT2D eigenvalue weighted by Gasteiger charge is 2.05. The van der Waals surface area contributed by atoms with Crippen LogP contribution < -0.4 is 24.8 Å². The Morgan fingerprint density at radius 1 is 1.08 bits per heavy atom. The van der Waals surface area contributed by atoms with Crippen LogP contribution in [0.15, 0.2) is 42.5 Å². The third kappa shape index (κ3) is 5.24. The molecule has 0 saturated carbocycles. The van der Waals surface area contributed by atoms with Crippen molar-refractivity contribution in [3.63, 3.8) is 0 Å². The number of anilines is 1. The standard InChI is InChI=1S/C17H19ClN2O4/c1-22-13-4-3-5-14(11-13)24-9-8-19-17(21)20-12-6-7-16(23-2)15(18)10-12/h3-7,10-11H,8-9H2,1-2H3,(H2,19,20,21). The van der Waals surface area contributed by atoms with Gasteiger partial charge in [-0.25, -0.2) is 4.79 Å². The van der Waals surface area contributed by atoms with E-state index >= 15 is 0 Å². The molecule has 0 radical (unpaired) electrons. The second kappa shape index (κ2) is 8.88. The zero-order chi connectivity index (χ0) is 17.4. The Hall–Kier alpha value is -2.60. The maximum atomic E-state index is 11.8. The van der Waals surface area contributed by atoms with Gasteiger partial charge in [0.2, 0.25) is 0 Å². The van der Waals surface area contributed by atoms with Gasteiger partial charge in [-0.2, -0.15) is 0 Å². The number of amides is 2. The molecule has 0 fully saturated rings. The number of carbonyl (C=O) groups excluding carboxylic acids is 1. The molecule has 2 amide bonds. The van der Waals surface area contributed by atoms with Gasteiger partial charge in [0.1, 0.15) is 23.9 Å². The monoisotopic (exact) mass is 350 g/mol. The topological polar surface area (TPSA) is 68.8 Å². The first-order valence-corrected chi connectivity index (χ1v) is 7.65. The van der Waals surface area contributed by atoms with Gasteiger partial charge < -0.3 is 24.8 Å². The summed E-state index contributed by atoms with van der Waals surface area (Å²) in [7, 11) is 3.12. The predicted molar refractivity (Wildman–Crippen MR) is 93.5 cm³/mol. The molecule has 0 atom stereocenters. The highest BCUT2D eigenvalue weighted by Crippen LogP contribution is 2.27. The number of carbonyl (C=O) groups is 1. The van der Waals surface area contributed by atoms with E-state index in [1.807, 2.05) is 18.2 Å². The first-order chi connectivity index (χ1) is 11.6. The minimum Gasteiger partial charge on any atom is -0.497 e. The van der Waals surface area contributed by atoms with Gasteiger partial charge in [0.25, 0.3) is 0 Å². The smallest absolute Gasteiger partial charge is 0.319 e. The molecular weight excluding hydrogens is 332 g/mol. The molecule has 7 heteroatoms. The summed E-state index contributed by atoms with van der Waals surface area (Å²) in [4.78, 5) is 11.8. The van der Waals surface area contributed by atoms with E-state index in [-0.39, 0.29) is 6.03 Å². The highest BCUT2D eigenvalue weighted by atomic mass is 35.5. The van der Waals surface area contributed by atoms with Crippen LogP contribution in [0.3, 0.4) is 0 Å². The quantitative estimate of drug-likeness (QED) is 0.749. The lowest BCUT2D eigenvalue weighted by atomic mass is 10.3. The van der Waals surface area contributed by atoms with Crippen molar-refractivity contribution in [1.82, 2.24) is 5.32 Å². The Labute approximate surface area is 145 Å². The van der Waals surface area contributed by atoms with E-state index in [9.17, 15) is 4.79 Å². The van der Waals surface area contributed by atoms with Gasteiger partial charge in [0.05, 0.1) is 25.8 Å². The fourth-order valence-electron chi connectivity index (χ4n) is 1.94. The van der Waals surface area contributed by atoms with Crippen molar-refractivity contribution in [2.45, 2.75) is 0 Å². The molecule has 2 N–H and O–H groups in total. The van der Waals surface area contributed by atoms with Crippen LogP contribution >= 0.6 is 11.6 Å². The van der Waals surface area contributed by atoms with Crippen LogP contribution in [0, 0.1) is 0 Å². The van der Waals surface area contributed by atoms with E-state index in [1.54, 1.807) is 31.4 Å². The lowest BCUT2D eigenvalue weighted by Crippen LogP contribution is -2.32. The summed E-state index contributed by atoms with van der Waals surface area (Å²) in [5.41, 5.74) is 0.576. The first-order valence-electron chi connectivity index (χ1n) is 7.27. The van der Waals surface area contributed by atoms with Crippen LogP contribution in [0.5, 0.6) is 17.2 Å². The van der Waals surface area contributed by atoms with E-state index < -0.39 is 0 Å². The Morgan fingerprint density at radius 3 is 2.58 bits per heavy atom. The average molecular weight is 351 g/mol. The largest absolute Gasteiger partial charge is 0.497 e. The number of halogens is 1. The van der Waals surface area contributed by atoms with Crippen molar-refractivity contribution in [1.29, 1.82) is 0 Å². The number of hydrogen-bond acceptors (Lipinski definition) is 4. The zero-order valence-electron chi connectivity index (χ0n) is 13.5. The Morgan fingerprint density at radius 2 is 1.88 bits per heavy atom. The number of urea groups is 1. The summed E-state index contributed by atoms with van der Waals surface area (Å²) < 4.78 is 15.7. The van der Waals surface area contributed by atoms with Gasteiger partial charge in [0.15, 0.2) is 0 Å². The molecule has 2 rings (SSSR count). The number of rotatable bonds is 7. The number of methoxy groups -OCH3 is 2. The van der Waals surface area contributed by atoms with E-state index in [4.69, 9.17) is 25.8 Å². The summed E-state index contributed by atoms with van der Waals surface area (Å²) in [6.45, 7) is 0.691. The molecule has 0 aliphatic rings. The molecule has 2 aromatic carbocycles. The number of benzene rings is 2. The van der Waals surface area contributed by atoms with Crippen molar-refractivity contribution < 1.29 is 19.0 Å². The lowest BCUT2D eigenvalue weighted by molar-refractivity contribution is 0.247. The summed E-state index contributed by atoms with van der Waals surface area (Å²) in [5.74, 6) is 1.95. The number of nitrogens with one attached hydrogen (secondary N) is 2. The van der Waals surface area contributed by atoms with Crippen molar-refractivity contribution in [2.75, 3.05) is 32.7 Å². The van der Waals surface area contributed by atoms with Crippen molar-refractivity contribution >= 4 is 23.3 Å². The van der Waals surface area contributed by atoms with Crippen molar-refractivity contribution in [2.24, 2.45) is 0 Å². The Balaban J connectivity index is 1.74. The van der Waals surface area contributed by atoms with Gasteiger partial charge in [0, 0.05) is 11.8 Å². The van der Waals surface area contributed by atoms with Crippen LogP contribution in [0.2, 0.25) is 5.02 Å². The fraction of sp³-hybridized carbons (Fsp3) is 0.235. The molecule has 24 heavy (non-hydrogen) atoms. The van der Waals surface area contributed by atoms with Crippen LogP contribution in [-0.2, 0) is 0 Å². The van der Waals surface area contributed by atoms with Gasteiger partial charge in [-0.05, 0) is 30.3 Å². The summed E-state index contributed by atoms with van der Waals surface area (Å²) in [5, 5.41) is 5.81. The minimum absolute atomic E-state index is 0.337. The van der Waals surface area contributed by atoms with Crippen LogP contribution in [0.25, 0.3) is 0 Å². The molecule has 0 bridgehead atoms. The average Bonchev–Trinajstić information content (AvgIpc) is 2.59. The third-order valence-electron chi connectivity index (χ3n) is 3.11. The Kier molecular flexibility index (Phi) is 6.57. The molecule has 0 heterocycles. The number of ether oxygens (including phenoxy) is 3. The highest BCUT2D eigenvalue weighted by molar-refractivity contribution is 6.32. The van der Waals surface area contributed by atoms with Gasteiger partial charge in [-0.3, -0.25) is 0 Å². The van der Waals surface area contributed by atoms with E-state index in [2.05, 4.69) is 10.6 Å². The maximum Gasteiger partial charge on any atom is 0.319 e. The summed E-state index contributed by atoms with van der Waals surface area (Å²) in [6.07, 6.45) is 0. The van der Waals surface area contributed by atoms with Crippen LogP contribution in [0.1, 0.15) is 0 Å². The number of hydrogen-bond donors (Lipinski definition) is 2. The van der Waals surface area contributed by atoms with E-state index in [1.165, 1.54) is 7.11 Å². The molecule has 0 spiro atoms. The summed E-state index contributed by atoms with van der Waals surface area (Å²) in [6, 6.07) is 11.9. The maximum absolute atomic E-state index is 11.8. The van der Waals surface area contributed by atoms with Crippen molar-refractivity contribution in [3.05, 3.63) is 47.5 Å². The first kappa shape index (κ1) is 17.7. The molecular formula is C17H19ClN2O4. The van der Waals surface area contributed by atoms with Gasteiger partial charge in [-0.1, -0.05) is 17.7 Å². The SMILES string of the molecule is COc1cccc(OCCNC(=O)Nc2ccc(OC)c(Cl)c2)c1. The molecule has 2 aromatic rings. The van der Waals surface area contributed by atoms with Gasteiger partial charge >= 0.3 is 6.03 Å². The predicted octanol–water partition coefficient (Wildman–Crippen LogP) is 3.56. The molecule has 6 nitrogen and oxygen atoms in total. The normalized spacial score (nSPS) is 9.96. The van der Waals surface area contributed by atoms with Crippen LogP contribution in [0.4, 0.5) is 10.5 Å². The molecule has 0 aromatic heterocycles. The minimum atomic E-state index is -0.342. The molecule has 0 saturated heterocycles. The lowest BCUT2D eigenvalue weighted by Gasteiger charge is -2.10. The second-order valence-electron chi connectivity index (χ2n) is 4.76. The van der Waals surface area contributed by atoms with E-state index in [0.29, 0.717) is 35.4 Å². The summed E-state index contributed by atoms with van der Waals surface area (Å²) >= 11 is 6.01. The molecule has 0 aliphatic heterocycles. The second-order valence-corrected chi connectivity index (χ2v) is 5.16. The Bertz CT molecular complexity index is 694. The van der Waals surface area contributed by atoms with Crippen molar-refractivity contribution in [3.8, 4) is 17.2 Å². The zero-order valence-corrected chi connectivity index (χ0v) is 14.2. The van der Waals surface area contributed by atoms with Gasteiger partial charge in [-0.15, -0.1) is 0 Å². The van der Waals surface area contributed by atoms with Crippen LogP contribution in [-0.4, -0.2) is 33.4 Å². The molecule has 128 valence electrons.